The van der Waals surface area contributed by atoms with Crippen LogP contribution in [-0.4, -0.2) is 0 Å². The minimum atomic E-state index is -0.824. The van der Waals surface area contributed by atoms with Gasteiger partial charge in [0.25, 0.3) is 0 Å². The van der Waals surface area contributed by atoms with Crippen molar-refractivity contribution in [2.45, 2.75) is 19.9 Å². The van der Waals surface area contributed by atoms with Gasteiger partial charge >= 0.3 is 0 Å². The van der Waals surface area contributed by atoms with Crippen molar-refractivity contribution in [3.63, 3.8) is 0 Å². The summed E-state index contributed by atoms with van der Waals surface area (Å²) in [5.41, 5.74) is 6.33. The van der Waals surface area contributed by atoms with E-state index in [1.807, 2.05) is 19.9 Å². The third-order valence-electron chi connectivity index (χ3n) is 2.89. The molecule has 0 radical (unpaired) electrons. The third kappa shape index (κ3) is 2.44. The van der Waals surface area contributed by atoms with Crippen molar-refractivity contribution < 1.29 is 8.78 Å². The Balaban J connectivity index is 2.38. The molecule has 0 aliphatic carbocycles. The first-order valence-corrected chi connectivity index (χ1v) is 6.62. The maximum Gasteiger partial charge on any atom is 0.167 e. The topological polar surface area (TPSA) is 26.0 Å². The van der Waals surface area contributed by atoms with Crippen LogP contribution in [0.25, 0.3) is 10.4 Å². The van der Waals surface area contributed by atoms with E-state index >= 15 is 0 Å². The predicted octanol–water partition coefficient (Wildman–Crippen LogP) is 4.35. The Morgan fingerprint density at radius 3 is 2.50 bits per heavy atom. The summed E-state index contributed by atoms with van der Waals surface area (Å²) in [5, 5.41) is 0. The van der Waals surface area contributed by atoms with Crippen LogP contribution >= 0.6 is 11.3 Å². The Kier molecular flexibility index (Phi) is 3.78. The maximum absolute atomic E-state index is 13.7. The van der Waals surface area contributed by atoms with Crippen LogP contribution in [0.15, 0.2) is 30.3 Å². The van der Waals surface area contributed by atoms with Gasteiger partial charge in [-0.2, -0.15) is 0 Å². The molecule has 1 unspecified atom stereocenters. The van der Waals surface area contributed by atoms with Gasteiger partial charge in [0.1, 0.15) is 0 Å². The van der Waals surface area contributed by atoms with Gasteiger partial charge in [-0.3, -0.25) is 0 Å². The van der Waals surface area contributed by atoms with E-state index in [-0.39, 0.29) is 6.04 Å². The van der Waals surface area contributed by atoms with Gasteiger partial charge in [-0.1, -0.05) is 26.0 Å². The quantitative estimate of drug-likeness (QED) is 0.879. The van der Waals surface area contributed by atoms with Crippen LogP contribution in [0.5, 0.6) is 0 Å². The van der Waals surface area contributed by atoms with Gasteiger partial charge in [0.05, 0.1) is 0 Å². The molecule has 1 heterocycles. The number of rotatable bonds is 3. The van der Waals surface area contributed by atoms with Crippen LogP contribution in [0, 0.1) is 17.6 Å². The van der Waals surface area contributed by atoms with Crippen LogP contribution in [0.2, 0.25) is 0 Å². The van der Waals surface area contributed by atoms with E-state index in [2.05, 4.69) is 0 Å². The molecule has 1 aromatic heterocycles. The van der Waals surface area contributed by atoms with Crippen LogP contribution in [0.3, 0.4) is 0 Å². The molecule has 0 aliphatic heterocycles. The molecule has 0 amide bonds. The van der Waals surface area contributed by atoms with Crippen molar-refractivity contribution in [2.75, 3.05) is 0 Å². The maximum atomic E-state index is 13.7. The minimum absolute atomic E-state index is 0.0691. The van der Waals surface area contributed by atoms with Gasteiger partial charge in [0, 0.05) is 21.4 Å². The van der Waals surface area contributed by atoms with Crippen molar-refractivity contribution in [3.8, 4) is 10.4 Å². The molecule has 18 heavy (non-hydrogen) atoms. The van der Waals surface area contributed by atoms with Crippen molar-refractivity contribution in [1.29, 1.82) is 0 Å². The lowest BCUT2D eigenvalue weighted by Gasteiger charge is -2.12. The first kappa shape index (κ1) is 13.2. The summed E-state index contributed by atoms with van der Waals surface area (Å²) in [6, 6.07) is 7.81. The Morgan fingerprint density at radius 1 is 1.11 bits per heavy atom. The van der Waals surface area contributed by atoms with Crippen molar-refractivity contribution in [3.05, 3.63) is 46.8 Å². The van der Waals surface area contributed by atoms with Gasteiger partial charge in [-0.15, -0.1) is 11.3 Å². The first-order valence-electron chi connectivity index (χ1n) is 5.80. The molecule has 0 saturated carbocycles. The zero-order chi connectivity index (χ0) is 13.3. The number of hydrogen-bond donors (Lipinski definition) is 1. The Bertz CT molecular complexity index is 548. The summed E-state index contributed by atoms with van der Waals surface area (Å²) in [4.78, 5) is 1.70. The van der Waals surface area contributed by atoms with Crippen LogP contribution in [0.1, 0.15) is 24.8 Å². The van der Waals surface area contributed by atoms with E-state index in [0.717, 1.165) is 10.9 Å². The zero-order valence-electron chi connectivity index (χ0n) is 10.3. The highest BCUT2D eigenvalue weighted by Crippen LogP contribution is 2.34. The van der Waals surface area contributed by atoms with E-state index in [9.17, 15) is 8.78 Å². The molecule has 4 heteroatoms. The van der Waals surface area contributed by atoms with Crippen molar-refractivity contribution in [2.24, 2.45) is 11.7 Å². The van der Waals surface area contributed by atoms with E-state index in [1.165, 1.54) is 17.4 Å². The molecule has 2 aromatic rings. The average Bonchev–Trinajstić information content (AvgIpc) is 2.80. The fourth-order valence-electron chi connectivity index (χ4n) is 1.70. The smallest absolute Gasteiger partial charge is 0.167 e. The van der Waals surface area contributed by atoms with Crippen LogP contribution in [-0.2, 0) is 0 Å². The van der Waals surface area contributed by atoms with Gasteiger partial charge in [-0.25, -0.2) is 8.78 Å². The zero-order valence-corrected chi connectivity index (χ0v) is 11.1. The fourth-order valence-corrected chi connectivity index (χ4v) is 2.90. The molecule has 2 rings (SSSR count). The highest BCUT2D eigenvalue weighted by molar-refractivity contribution is 7.15. The molecule has 0 spiro atoms. The monoisotopic (exact) mass is 267 g/mol. The Labute approximate surface area is 109 Å². The van der Waals surface area contributed by atoms with E-state index in [4.69, 9.17) is 5.73 Å². The number of benzene rings is 1. The lowest BCUT2D eigenvalue weighted by Crippen LogP contribution is -2.14. The fraction of sp³-hybridized carbons (Fsp3) is 0.286. The number of nitrogens with two attached hydrogens (primary N) is 1. The van der Waals surface area contributed by atoms with Crippen molar-refractivity contribution in [1.82, 2.24) is 0 Å². The number of thiophene rings is 1. The second-order valence-electron chi connectivity index (χ2n) is 4.57. The molecule has 0 bridgehead atoms. The van der Waals surface area contributed by atoms with Gasteiger partial charge < -0.3 is 5.73 Å². The largest absolute Gasteiger partial charge is 0.323 e. The summed E-state index contributed by atoms with van der Waals surface area (Å²) in [7, 11) is 0. The predicted molar refractivity (Wildman–Crippen MR) is 71.4 cm³/mol. The minimum Gasteiger partial charge on any atom is -0.323 e. The summed E-state index contributed by atoms with van der Waals surface area (Å²) in [5.74, 6) is -1.31. The lowest BCUT2D eigenvalue weighted by molar-refractivity contribution is 0.511. The Morgan fingerprint density at radius 2 is 1.83 bits per heavy atom. The molecule has 0 saturated heterocycles. The third-order valence-corrected chi connectivity index (χ3v) is 4.11. The SMILES string of the molecule is CC(C)C(N)c1ccc(-c2cccc(F)c2F)s1. The van der Waals surface area contributed by atoms with Gasteiger partial charge in [0.15, 0.2) is 11.6 Å². The molecule has 1 aromatic carbocycles. The summed E-state index contributed by atoms with van der Waals surface area (Å²) < 4.78 is 26.8. The molecule has 96 valence electrons. The van der Waals surface area contributed by atoms with Crippen LogP contribution in [0.4, 0.5) is 8.78 Å². The molecular formula is C14H15F2NS. The average molecular weight is 267 g/mol. The number of halogens is 2. The second kappa shape index (κ2) is 5.16. The summed E-state index contributed by atoms with van der Waals surface area (Å²) >= 11 is 1.41. The molecule has 1 atom stereocenters. The Hall–Kier alpha value is -1.26. The standard InChI is InChI=1S/C14H15F2NS/c1-8(2)14(17)12-7-6-11(18-12)9-4-3-5-10(15)13(9)16/h3-8,14H,17H2,1-2H3. The first-order chi connectivity index (χ1) is 8.50. The van der Waals surface area contributed by atoms with E-state index < -0.39 is 11.6 Å². The number of hydrogen-bond acceptors (Lipinski definition) is 2. The molecule has 0 aliphatic rings. The molecular weight excluding hydrogens is 252 g/mol. The molecule has 0 fully saturated rings. The second-order valence-corrected chi connectivity index (χ2v) is 5.69. The molecule has 1 nitrogen and oxygen atoms in total. The highest BCUT2D eigenvalue weighted by Gasteiger charge is 2.16. The highest BCUT2D eigenvalue weighted by atomic mass is 32.1. The van der Waals surface area contributed by atoms with Crippen LogP contribution < -0.4 is 5.73 Å². The van der Waals surface area contributed by atoms with Gasteiger partial charge in [0.2, 0.25) is 0 Å². The van der Waals surface area contributed by atoms with Gasteiger partial charge in [-0.05, 0) is 24.1 Å². The lowest BCUT2D eigenvalue weighted by atomic mass is 10.0. The van der Waals surface area contributed by atoms with E-state index in [1.54, 1.807) is 12.1 Å². The van der Waals surface area contributed by atoms with E-state index in [0.29, 0.717) is 16.4 Å². The normalized spacial score (nSPS) is 13.0. The summed E-state index contributed by atoms with van der Waals surface area (Å²) in [6.07, 6.45) is 0. The molecule has 2 N–H and O–H groups in total. The van der Waals surface area contributed by atoms with Crippen molar-refractivity contribution >= 4 is 11.3 Å². The summed E-state index contributed by atoms with van der Waals surface area (Å²) in [6.45, 7) is 4.07.